The number of primary amides is 1. The van der Waals surface area contributed by atoms with E-state index in [9.17, 15) is 9.59 Å². The Labute approximate surface area is 254 Å². The highest BCUT2D eigenvalue weighted by Gasteiger charge is 2.46. The van der Waals surface area contributed by atoms with Gasteiger partial charge < -0.3 is 24.5 Å². The number of carbonyl (C=O) groups is 2. The molecular formula is C34H35N7O3. The zero-order valence-corrected chi connectivity index (χ0v) is 25.2. The maximum absolute atomic E-state index is 13.8. The molecule has 8 rings (SSSR count). The third-order valence-electron chi connectivity index (χ3n) is 10.2. The van der Waals surface area contributed by atoms with Gasteiger partial charge in [-0.25, -0.2) is 15.0 Å². The lowest BCUT2D eigenvalue weighted by atomic mass is 10.0. The van der Waals surface area contributed by atoms with E-state index in [-0.39, 0.29) is 11.7 Å². The molecule has 2 saturated carbocycles. The number of hydrogen-bond acceptors (Lipinski definition) is 6. The first kappa shape index (κ1) is 26.9. The third-order valence-corrected chi connectivity index (χ3v) is 10.2. The van der Waals surface area contributed by atoms with Crippen LogP contribution in [0.25, 0.3) is 44.6 Å². The van der Waals surface area contributed by atoms with Crippen molar-refractivity contribution in [3.05, 3.63) is 60.2 Å². The van der Waals surface area contributed by atoms with Crippen molar-refractivity contribution < 1.29 is 14.3 Å². The summed E-state index contributed by atoms with van der Waals surface area (Å²) in [5, 5.41) is 1.10. The Bertz CT molecular complexity index is 1970. The SMILES string of the molecule is COc1cc(C(=O)N2CC3CCC2[C@@H]3C)cc2nc(-c3cc4ccc(-c5cnc(C(N)=O)nc5)cc4n3CC3CC3)n(C)c12. The second-order valence-corrected chi connectivity index (χ2v) is 12.8. The minimum Gasteiger partial charge on any atom is -0.494 e. The van der Waals surface area contributed by atoms with Gasteiger partial charge in [0.05, 0.1) is 18.3 Å². The van der Waals surface area contributed by atoms with Gasteiger partial charge in [0.2, 0.25) is 5.82 Å². The number of methoxy groups -OCH3 is 1. The van der Waals surface area contributed by atoms with Crippen LogP contribution in [-0.4, -0.2) is 60.5 Å². The predicted molar refractivity (Wildman–Crippen MR) is 167 cm³/mol. The third kappa shape index (κ3) is 4.18. The van der Waals surface area contributed by atoms with Gasteiger partial charge in [-0.2, -0.15) is 0 Å². The summed E-state index contributed by atoms with van der Waals surface area (Å²) in [5.74, 6) is 2.67. The summed E-state index contributed by atoms with van der Waals surface area (Å²) in [6.45, 7) is 4.00. The fourth-order valence-electron chi connectivity index (χ4n) is 7.51. The number of fused-ring (bicyclic) bond motifs is 4. The van der Waals surface area contributed by atoms with Crippen LogP contribution in [0.4, 0.5) is 0 Å². The number of hydrogen-bond donors (Lipinski definition) is 1. The summed E-state index contributed by atoms with van der Waals surface area (Å²) >= 11 is 0. The zero-order valence-electron chi connectivity index (χ0n) is 25.2. The largest absolute Gasteiger partial charge is 0.494 e. The number of amides is 2. The quantitative estimate of drug-likeness (QED) is 0.284. The average molecular weight is 590 g/mol. The Morgan fingerprint density at radius 2 is 1.82 bits per heavy atom. The summed E-state index contributed by atoms with van der Waals surface area (Å²) in [5.41, 5.74) is 11.5. The Morgan fingerprint density at radius 3 is 2.48 bits per heavy atom. The monoisotopic (exact) mass is 589 g/mol. The highest BCUT2D eigenvalue weighted by Crippen LogP contribution is 2.44. The van der Waals surface area contributed by atoms with Crippen LogP contribution in [0.15, 0.2) is 48.8 Å². The molecule has 3 fully saturated rings. The van der Waals surface area contributed by atoms with Crippen molar-refractivity contribution in [3.8, 4) is 28.4 Å². The number of likely N-dealkylation sites (tertiary alicyclic amines) is 1. The van der Waals surface area contributed by atoms with Gasteiger partial charge in [-0.05, 0) is 73.3 Å². The van der Waals surface area contributed by atoms with E-state index < -0.39 is 5.91 Å². The number of nitrogens with two attached hydrogens (primary N) is 1. The molecule has 1 aliphatic heterocycles. The Balaban J connectivity index is 1.22. The molecule has 2 bridgehead atoms. The molecule has 44 heavy (non-hydrogen) atoms. The van der Waals surface area contributed by atoms with Crippen LogP contribution < -0.4 is 10.5 Å². The standard InChI is InChI=1S/C34H35N7O3/c1-18-22-8-9-26(18)41(17-22)34(43)23-10-25-30(29(13-23)44-3)39(2)33(38-25)28-12-21-7-6-20(11-27(21)40(28)16-19-4-5-19)24-14-36-32(31(35)42)37-15-24/h6-7,10-15,18-19,22,26H,4-5,8-9,16-17H2,1-3H3,(H2,35,42)/t18-,22?,26?/m1/s1. The number of aryl methyl sites for hydroxylation is 1. The Kier molecular flexibility index (Phi) is 6.05. The number of aromatic nitrogens is 5. The molecule has 2 aliphatic carbocycles. The molecule has 10 nitrogen and oxygen atoms in total. The number of carbonyl (C=O) groups excluding carboxylic acids is 2. The van der Waals surface area contributed by atoms with E-state index in [1.54, 1.807) is 19.5 Å². The van der Waals surface area contributed by atoms with Gasteiger partial charge in [0.25, 0.3) is 11.8 Å². The summed E-state index contributed by atoms with van der Waals surface area (Å²) in [6, 6.07) is 12.6. The molecule has 224 valence electrons. The first-order chi connectivity index (χ1) is 21.3. The van der Waals surface area contributed by atoms with Crippen molar-refractivity contribution in [1.29, 1.82) is 0 Å². The van der Waals surface area contributed by atoms with Crippen LogP contribution in [0.5, 0.6) is 5.75 Å². The average Bonchev–Trinajstić information content (AvgIpc) is 3.44. The van der Waals surface area contributed by atoms with Crippen LogP contribution in [0.3, 0.4) is 0 Å². The molecule has 2 aromatic carbocycles. The Hall–Kier alpha value is -4.73. The number of nitrogens with zero attached hydrogens (tertiary/aromatic N) is 6. The second-order valence-electron chi connectivity index (χ2n) is 12.8. The topological polar surface area (TPSA) is 121 Å². The minimum absolute atomic E-state index is 0.00132. The summed E-state index contributed by atoms with van der Waals surface area (Å²) in [6.07, 6.45) is 7.98. The fourth-order valence-corrected chi connectivity index (χ4v) is 7.51. The molecule has 0 spiro atoms. The highest BCUT2D eigenvalue weighted by molar-refractivity contribution is 6.00. The van der Waals surface area contributed by atoms with Crippen molar-refractivity contribution in [2.75, 3.05) is 13.7 Å². The molecule has 0 radical (unpaired) electrons. The van der Waals surface area contributed by atoms with E-state index in [2.05, 4.69) is 49.1 Å². The molecule has 5 aromatic rings. The maximum atomic E-state index is 13.8. The smallest absolute Gasteiger partial charge is 0.286 e. The second kappa shape index (κ2) is 9.90. The van der Waals surface area contributed by atoms with E-state index >= 15 is 0 Å². The van der Waals surface area contributed by atoms with E-state index in [4.69, 9.17) is 15.5 Å². The minimum atomic E-state index is -0.650. The van der Waals surface area contributed by atoms with Gasteiger partial charge in [0.15, 0.2) is 5.82 Å². The lowest BCUT2D eigenvalue weighted by Gasteiger charge is -2.27. The van der Waals surface area contributed by atoms with E-state index in [1.165, 1.54) is 19.3 Å². The molecule has 2 unspecified atom stereocenters. The first-order valence-corrected chi connectivity index (χ1v) is 15.4. The molecule has 4 heterocycles. The number of benzene rings is 2. The van der Waals surface area contributed by atoms with Gasteiger partial charge in [0, 0.05) is 60.6 Å². The molecule has 3 aromatic heterocycles. The lowest BCUT2D eigenvalue weighted by Crippen LogP contribution is -2.38. The van der Waals surface area contributed by atoms with Gasteiger partial charge in [0.1, 0.15) is 11.3 Å². The maximum Gasteiger partial charge on any atom is 0.286 e. The van der Waals surface area contributed by atoms with Crippen LogP contribution in [0.1, 0.15) is 53.6 Å². The molecule has 2 N–H and O–H groups in total. The van der Waals surface area contributed by atoms with Crippen LogP contribution in [0.2, 0.25) is 0 Å². The normalized spacial score (nSPS) is 21.1. The van der Waals surface area contributed by atoms with Gasteiger partial charge in [-0.3, -0.25) is 9.59 Å². The van der Waals surface area contributed by atoms with Gasteiger partial charge >= 0.3 is 0 Å². The number of ether oxygens (including phenoxy) is 1. The van der Waals surface area contributed by atoms with Crippen molar-refractivity contribution in [2.45, 2.75) is 45.2 Å². The van der Waals surface area contributed by atoms with Gasteiger partial charge in [-0.15, -0.1) is 0 Å². The molecule has 3 atom stereocenters. The first-order valence-electron chi connectivity index (χ1n) is 15.4. The van der Waals surface area contributed by atoms with Crippen LogP contribution >= 0.6 is 0 Å². The van der Waals surface area contributed by atoms with Crippen molar-refractivity contribution in [2.24, 2.45) is 30.5 Å². The number of piperidine rings is 1. The number of imidazole rings is 1. The zero-order chi connectivity index (χ0) is 30.3. The highest BCUT2D eigenvalue weighted by atomic mass is 16.5. The fraction of sp³-hybridized carbons (Fsp3) is 0.382. The number of rotatable bonds is 7. The Morgan fingerprint density at radius 1 is 1.02 bits per heavy atom. The van der Waals surface area contributed by atoms with Crippen LogP contribution in [-0.2, 0) is 13.6 Å². The van der Waals surface area contributed by atoms with Gasteiger partial charge in [-0.1, -0.05) is 19.1 Å². The summed E-state index contributed by atoms with van der Waals surface area (Å²) in [4.78, 5) is 40.7. The lowest BCUT2D eigenvalue weighted by molar-refractivity contribution is 0.0695. The molecule has 2 amide bonds. The van der Waals surface area contributed by atoms with E-state index in [1.807, 2.05) is 25.2 Å². The van der Waals surface area contributed by atoms with E-state index in [0.29, 0.717) is 35.1 Å². The van der Waals surface area contributed by atoms with Crippen LogP contribution in [0, 0.1) is 17.8 Å². The molecule has 10 heteroatoms. The predicted octanol–water partition coefficient (Wildman–Crippen LogP) is 5.04. The molecular weight excluding hydrogens is 554 g/mol. The van der Waals surface area contributed by atoms with Crippen molar-refractivity contribution in [3.63, 3.8) is 0 Å². The molecule has 3 aliphatic rings. The summed E-state index contributed by atoms with van der Waals surface area (Å²) < 4.78 is 10.3. The molecule has 1 saturated heterocycles. The van der Waals surface area contributed by atoms with Crippen molar-refractivity contribution >= 4 is 33.8 Å². The summed E-state index contributed by atoms with van der Waals surface area (Å²) in [7, 11) is 3.67. The van der Waals surface area contributed by atoms with Crippen molar-refractivity contribution in [1.82, 2.24) is 29.0 Å². The van der Waals surface area contributed by atoms with E-state index in [0.717, 1.165) is 64.1 Å².